The molecule has 0 spiro atoms. The van der Waals surface area contributed by atoms with Crippen LogP contribution >= 0.6 is 0 Å². The number of aliphatic hydroxyl groups excluding tert-OH is 2. The van der Waals surface area contributed by atoms with E-state index in [1.807, 2.05) is 6.07 Å². The second-order valence-corrected chi connectivity index (χ2v) is 7.76. The number of fused-ring (bicyclic) bond motifs is 1. The first-order valence-electron chi connectivity index (χ1n) is 10.2. The van der Waals surface area contributed by atoms with Crippen molar-refractivity contribution < 1.29 is 15.1 Å². The molecule has 2 atom stereocenters. The van der Waals surface area contributed by atoms with Gasteiger partial charge in [-0.3, -0.25) is 24.0 Å². The highest BCUT2D eigenvalue weighted by atomic mass is 16.6. The standard InChI is InChI=1S/C23H22N4O6/c1-24-17-12-26(18(13-28)21(29)15-8-10-16(11-9-15)27(32)33)20(14-6-4-3-5-7-14)19(17)22(30)25(2)23(24)31/h3-12,18,21,28-29H,13H2,1-2H3/t18-,21+/m0/s1. The summed E-state index contributed by atoms with van der Waals surface area (Å²) >= 11 is 0. The van der Waals surface area contributed by atoms with Gasteiger partial charge in [0.15, 0.2) is 0 Å². The van der Waals surface area contributed by atoms with Crippen molar-refractivity contribution in [3.8, 4) is 11.3 Å². The number of nitro benzene ring substituents is 1. The van der Waals surface area contributed by atoms with E-state index in [1.165, 1.54) is 35.9 Å². The number of benzene rings is 2. The van der Waals surface area contributed by atoms with Gasteiger partial charge in [-0.1, -0.05) is 30.3 Å². The van der Waals surface area contributed by atoms with E-state index in [4.69, 9.17) is 0 Å². The fourth-order valence-electron chi connectivity index (χ4n) is 4.07. The summed E-state index contributed by atoms with van der Waals surface area (Å²) in [6.45, 7) is -0.493. The SMILES string of the molecule is Cn1c(=O)c2c(-c3ccccc3)n([C@@H](CO)[C@H](O)c3ccc([N+](=O)[O-])cc3)cc2n(C)c1=O. The number of rotatable bonds is 6. The molecule has 0 saturated carbocycles. The summed E-state index contributed by atoms with van der Waals surface area (Å²) in [4.78, 5) is 36.0. The number of aryl methyl sites for hydroxylation is 1. The van der Waals surface area contributed by atoms with Crippen LogP contribution in [-0.4, -0.2) is 35.4 Å². The lowest BCUT2D eigenvalue weighted by molar-refractivity contribution is -0.384. The predicted molar refractivity (Wildman–Crippen MR) is 122 cm³/mol. The zero-order valence-corrected chi connectivity index (χ0v) is 18.0. The van der Waals surface area contributed by atoms with Crippen LogP contribution in [0.2, 0.25) is 0 Å². The van der Waals surface area contributed by atoms with Crippen LogP contribution in [0.15, 0.2) is 70.4 Å². The van der Waals surface area contributed by atoms with E-state index in [0.29, 0.717) is 22.3 Å². The van der Waals surface area contributed by atoms with Crippen molar-refractivity contribution in [1.82, 2.24) is 13.7 Å². The second kappa shape index (κ2) is 8.49. The number of non-ortho nitro benzene ring substituents is 1. The molecule has 2 heterocycles. The van der Waals surface area contributed by atoms with Crippen LogP contribution in [0.1, 0.15) is 17.7 Å². The Kier molecular flexibility index (Phi) is 5.71. The van der Waals surface area contributed by atoms with Crippen LogP contribution < -0.4 is 11.2 Å². The second-order valence-electron chi connectivity index (χ2n) is 7.76. The molecule has 0 fully saturated rings. The van der Waals surface area contributed by atoms with E-state index < -0.39 is 34.9 Å². The van der Waals surface area contributed by atoms with Crippen LogP contribution in [0, 0.1) is 10.1 Å². The highest BCUT2D eigenvalue weighted by Crippen LogP contribution is 2.35. The zero-order chi connectivity index (χ0) is 23.9. The lowest BCUT2D eigenvalue weighted by Crippen LogP contribution is -2.36. The van der Waals surface area contributed by atoms with E-state index in [0.717, 1.165) is 4.57 Å². The summed E-state index contributed by atoms with van der Waals surface area (Å²) in [5, 5.41) is 32.6. The highest BCUT2D eigenvalue weighted by molar-refractivity contribution is 5.93. The molecule has 33 heavy (non-hydrogen) atoms. The van der Waals surface area contributed by atoms with Gasteiger partial charge in [-0.15, -0.1) is 0 Å². The molecule has 10 heteroatoms. The Labute approximate surface area is 187 Å². The molecule has 170 valence electrons. The Balaban J connectivity index is 1.98. The van der Waals surface area contributed by atoms with Gasteiger partial charge in [0.1, 0.15) is 6.10 Å². The Morgan fingerprint density at radius 3 is 2.21 bits per heavy atom. The Morgan fingerprint density at radius 1 is 1.00 bits per heavy atom. The van der Waals surface area contributed by atoms with Crippen LogP contribution in [0.5, 0.6) is 0 Å². The number of aliphatic hydroxyl groups is 2. The molecule has 0 aliphatic heterocycles. The summed E-state index contributed by atoms with van der Waals surface area (Å²) in [5.41, 5.74) is 0.712. The summed E-state index contributed by atoms with van der Waals surface area (Å²) in [5.74, 6) is 0. The first-order valence-corrected chi connectivity index (χ1v) is 10.2. The maximum Gasteiger partial charge on any atom is 0.330 e. The minimum absolute atomic E-state index is 0.123. The Bertz CT molecular complexity index is 1450. The van der Waals surface area contributed by atoms with E-state index in [-0.39, 0.29) is 11.1 Å². The number of nitro groups is 1. The number of aromatic nitrogens is 3. The molecule has 0 aliphatic rings. The fraction of sp³-hybridized carbons (Fsp3) is 0.217. The third-order valence-corrected chi connectivity index (χ3v) is 5.87. The smallest absolute Gasteiger partial charge is 0.330 e. The lowest BCUT2D eigenvalue weighted by Gasteiger charge is -2.25. The lowest BCUT2D eigenvalue weighted by atomic mass is 10.0. The predicted octanol–water partition coefficient (Wildman–Crippen LogP) is 1.88. The van der Waals surface area contributed by atoms with Crippen molar-refractivity contribution in [2.24, 2.45) is 14.1 Å². The molecule has 4 rings (SSSR count). The molecular weight excluding hydrogens is 428 g/mol. The number of hydrogen-bond donors (Lipinski definition) is 2. The van der Waals surface area contributed by atoms with Gasteiger partial charge >= 0.3 is 5.69 Å². The van der Waals surface area contributed by atoms with Crippen molar-refractivity contribution >= 4 is 16.6 Å². The van der Waals surface area contributed by atoms with Crippen LogP contribution in [0.4, 0.5) is 5.69 Å². The molecule has 10 nitrogen and oxygen atoms in total. The molecule has 0 unspecified atom stereocenters. The normalized spacial score (nSPS) is 13.2. The molecule has 0 aliphatic carbocycles. The average Bonchev–Trinajstić information content (AvgIpc) is 3.23. The first-order chi connectivity index (χ1) is 15.8. The summed E-state index contributed by atoms with van der Waals surface area (Å²) in [7, 11) is 2.94. The van der Waals surface area contributed by atoms with Crippen molar-refractivity contribution in [2.75, 3.05) is 6.61 Å². The molecule has 0 saturated heterocycles. The fourth-order valence-corrected chi connectivity index (χ4v) is 4.07. The van der Waals surface area contributed by atoms with Gasteiger partial charge < -0.3 is 14.8 Å². The van der Waals surface area contributed by atoms with E-state index >= 15 is 0 Å². The minimum atomic E-state index is -1.25. The van der Waals surface area contributed by atoms with E-state index in [2.05, 4.69) is 0 Å². The van der Waals surface area contributed by atoms with Gasteiger partial charge in [0.05, 0.1) is 34.2 Å². The summed E-state index contributed by atoms with van der Waals surface area (Å²) < 4.78 is 3.94. The van der Waals surface area contributed by atoms with Gasteiger partial charge in [0.2, 0.25) is 0 Å². The van der Waals surface area contributed by atoms with E-state index in [1.54, 1.807) is 42.1 Å². The largest absolute Gasteiger partial charge is 0.394 e. The molecule has 0 radical (unpaired) electrons. The quantitative estimate of drug-likeness (QED) is 0.340. The maximum absolute atomic E-state index is 13.1. The minimum Gasteiger partial charge on any atom is -0.394 e. The van der Waals surface area contributed by atoms with Gasteiger partial charge in [0, 0.05) is 32.4 Å². The first kappa shape index (κ1) is 22.2. The molecule has 4 aromatic rings. The van der Waals surface area contributed by atoms with Crippen LogP contribution in [0.3, 0.4) is 0 Å². The summed E-state index contributed by atoms with van der Waals surface area (Å²) in [6, 6.07) is 13.5. The van der Waals surface area contributed by atoms with Crippen molar-refractivity contribution in [2.45, 2.75) is 12.1 Å². The number of hydrogen-bond acceptors (Lipinski definition) is 6. The van der Waals surface area contributed by atoms with Gasteiger partial charge in [-0.05, 0) is 23.3 Å². The Hall–Kier alpha value is -4.02. The van der Waals surface area contributed by atoms with Gasteiger partial charge in [-0.25, -0.2) is 4.79 Å². The zero-order valence-electron chi connectivity index (χ0n) is 18.0. The van der Waals surface area contributed by atoms with Gasteiger partial charge in [-0.2, -0.15) is 0 Å². The van der Waals surface area contributed by atoms with Crippen molar-refractivity contribution in [3.05, 3.63) is 97.3 Å². The number of nitrogens with zero attached hydrogens (tertiary/aromatic N) is 4. The van der Waals surface area contributed by atoms with Gasteiger partial charge in [0.25, 0.3) is 11.2 Å². The highest BCUT2D eigenvalue weighted by Gasteiger charge is 2.28. The van der Waals surface area contributed by atoms with E-state index in [9.17, 15) is 29.9 Å². The third-order valence-electron chi connectivity index (χ3n) is 5.87. The molecule has 0 bridgehead atoms. The third kappa shape index (κ3) is 3.65. The van der Waals surface area contributed by atoms with Crippen LogP contribution in [-0.2, 0) is 14.1 Å². The molecular formula is C23H22N4O6. The summed E-state index contributed by atoms with van der Waals surface area (Å²) in [6.07, 6.45) is 0.316. The molecule has 0 amide bonds. The molecule has 2 aromatic carbocycles. The maximum atomic E-state index is 13.1. The van der Waals surface area contributed by atoms with Crippen molar-refractivity contribution in [3.63, 3.8) is 0 Å². The monoisotopic (exact) mass is 450 g/mol. The van der Waals surface area contributed by atoms with Crippen molar-refractivity contribution in [1.29, 1.82) is 0 Å². The molecule has 2 aromatic heterocycles. The average molecular weight is 450 g/mol. The molecule has 2 N–H and O–H groups in total. The Morgan fingerprint density at radius 2 is 1.64 bits per heavy atom. The topological polar surface area (TPSA) is 133 Å². The van der Waals surface area contributed by atoms with Crippen LogP contribution in [0.25, 0.3) is 22.2 Å².